The monoisotopic (exact) mass is 200 g/mol. The lowest BCUT2D eigenvalue weighted by atomic mass is 10.3. The molecule has 1 N–H and O–H groups in total. The van der Waals surface area contributed by atoms with Crippen LogP contribution in [0.2, 0.25) is 0 Å². The van der Waals surface area contributed by atoms with Crippen molar-refractivity contribution in [3.63, 3.8) is 0 Å². The molecular formula is C10H5FN4. The second-order valence-corrected chi connectivity index (χ2v) is 3.17. The lowest BCUT2D eigenvalue weighted by molar-refractivity contribution is 0.571. The van der Waals surface area contributed by atoms with Gasteiger partial charge in [-0.25, -0.2) is 9.50 Å². The number of rotatable bonds is 0. The van der Waals surface area contributed by atoms with E-state index in [9.17, 15) is 4.39 Å². The van der Waals surface area contributed by atoms with E-state index in [2.05, 4.69) is 10.1 Å². The molecule has 1 aromatic carbocycles. The number of aromatic amines is 1. The molecule has 0 fully saturated rings. The van der Waals surface area contributed by atoms with Crippen LogP contribution < -0.4 is 0 Å². The van der Waals surface area contributed by atoms with Gasteiger partial charge in [-0.3, -0.25) is 5.10 Å². The Kier molecular flexibility index (Phi) is 1.37. The Labute approximate surface area is 83.6 Å². The van der Waals surface area contributed by atoms with Crippen molar-refractivity contribution in [2.45, 2.75) is 0 Å². The molecule has 0 saturated carbocycles. The van der Waals surface area contributed by atoms with Gasteiger partial charge < -0.3 is 0 Å². The van der Waals surface area contributed by atoms with E-state index in [1.165, 1.54) is 4.52 Å². The van der Waals surface area contributed by atoms with Gasteiger partial charge in [0.15, 0.2) is 11.2 Å². The van der Waals surface area contributed by atoms with Gasteiger partial charge in [-0.2, -0.15) is 9.65 Å². The zero-order valence-electron chi connectivity index (χ0n) is 7.53. The highest BCUT2D eigenvalue weighted by Crippen LogP contribution is 2.19. The zero-order chi connectivity index (χ0) is 10.4. The minimum atomic E-state index is -0.647. The van der Waals surface area contributed by atoms with Crippen LogP contribution in [0.5, 0.6) is 0 Å². The summed E-state index contributed by atoms with van der Waals surface area (Å²) in [6, 6.07) is 9.10. The van der Waals surface area contributed by atoms with Crippen molar-refractivity contribution in [2.24, 2.45) is 0 Å². The molecule has 0 saturated heterocycles. The molecule has 3 aromatic rings. The fraction of sp³-hybridized carbons (Fsp3) is 0. The molecule has 5 heteroatoms. The van der Waals surface area contributed by atoms with Gasteiger partial charge in [-0.15, -0.1) is 0 Å². The molecular weight excluding hydrogens is 195 g/mol. The summed E-state index contributed by atoms with van der Waals surface area (Å²) in [5, 5.41) is 11.2. The van der Waals surface area contributed by atoms with Crippen LogP contribution in [0, 0.1) is 17.3 Å². The molecule has 0 aliphatic carbocycles. The summed E-state index contributed by atoms with van der Waals surface area (Å²) >= 11 is 0. The number of hydrogen-bond donors (Lipinski definition) is 1. The third-order valence-corrected chi connectivity index (χ3v) is 2.33. The molecule has 2 aromatic heterocycles. The van der Waals surface area contributed by atoms with Gasteiger partial charge in [0.25, 0.3) is 0 Å². The van der Waals surface area contributed by atoms with E-state index < -0.39 is 5.95 Å². The average molecular weight is 200 g/mol. The Morgan fingerprint density at radius 3 is 3.00 bits per heavy atom. The van der Waals surface area contributed by atoms with Crippen molar-refractivity contribution in [3.05, 3.63) is 35.8 Å². The number of imidazole rings is 1. The third kappa shape index (κ3) is 0.904. The van der Waals surface area contributed by atoms with Gasteiger partial charge in [-0.1, -0.05) is 12.1 Å². The average Bonchev–Trinajstić information content (AvgIpc) is 2.72. The van der Waals surface area contributed by atoms with E-state index in [0.717, 1.165) is 11.0 Å². The number of nitriles is 1. The van der Waals surface area contributed by atoms with Crippen molar-refractivity contribution in [3.8, 4) is 6.07 Å². The van der Waals surface area contributed by atoms with E-state index in [-0.39, 0.29) is 5.56 Å². The van der Waals surface area contributed by atoms with E-state index in [0.29, 0.717) is 5.65 Å². The minimum Gasteiger partial charge on any atom is -0.266 e. The van der Waals surface area contributed by atoms with Crippen LogP contribution in [0.3, 0.4) is 0 Å². The summed E-state index contributed by atoms with van der Waals surface area (Å²) in [4.78, 5) is 4.18. The van der Waals surface area contributed by atoms with Gasteiger partial charge in [0.2, 0.25) is 5.95 Å². The van der Waals surface area contributed by atoms with Crippen LogP contribution in [-0.2, 0) is 0 Å². The van der Waals surface area contributed by atoms with Gasteiger partial charge in [0, 0.05) is 0 Å². The Morgan fingerprint density at radius 2 is 2.20 bits per heavy atom. The summed E-state index contributed by atoms with van der Waals surface area (Å²) in [6.45, 7) is 0. The highest BCUT2D eigenvalue weighted by atomic mass is 19.1. The summed E-state index contributed by atoms with van der Waals surface area (Å²) < 4.78 is 14.7. The molecule has 0 spiro atoms. The fourth-order valence-electron chi connectivity index (χ4n) is 1.66. The third-order valence-electron chi connectivity index (χ3n) is 2.33. The standard InChI is InChI=1S/C10H5FN4/c11-9-6(5-12)10-13-7-3-1-2-4-8(7)15(10)14-9/h1-4,14H. The number of halogens is 1. The SMILES string of the molecule is N#Cc1c(F)[nH]n2c1nc1ccccc12. The lowest BCUT2D eigenvalue weighted by Crippen LogP contribution is -1.83. The Bertz CT molecular complexity index is 701. The molecule has 0 amide bonds. The number of aromatic nitrogens is 3. The van der Waals surface area contributed by atoms with E-state index in [1.54, 1.807) is 6.07 Å². The Morgan fingerprint density at radius 1 is 1.40 bits per heavy atom. The van der Waals surface area contributed by atoms with Crippen molar-refractivity contribution in [1.29, 1.82) is 5.26 Å². The molecule has 15 heavy (non-hydrogen) atoms. The number of hydrogen-bond acceptors (Lipinski definition) is 2. The summed E-state index contributed by atoms with van der Waals surface area (Å²) in [7, 11) is 0. The van der Waals surface area contributed by atoms with Gasteiger partial charge in [0.1, 0.15) is 6.07 Å². The van der Waals surface area contributed by atoms with Crippen molar-refractivity contribution >= 4 is 16.7 Å². The molecule has 0 aliphatic heterocycles. The molecule has 0 aliphatic rings. The molecule has 2 heterocycles. The summed E-state index contributed by atoms with van der Waals surface area (Å²) in [5.74, 6) is -0.647. The maximum absolute atomic E-state index is 13.2. The molecule has 3 rings (SSSR count). The predicted octanol–water partition coefficient (Wildman–Crippen LogP) is 1.83. The lowest BCUT2D eigenvalue weighted by Gasteiger charge is -1.87. The Hall–Kier alpha value is -2.35. The van der Waals surface area contributed by atoms with Crippen molar-refractivity contribution < 1.29 is 4.39 Å². The van der Waals surface area contributed by atoms with E-state index in [1.807, 2.05) is 24.3 Å². The van der Waals surface area contributed by atoms with Gasteiger partial charge in [-0.05, 0) is 12.1 Å². The van der Waals surface area contributed by atoms with Gasteiger partial charge >= 0.3 is 0 Å². The molecule has 0 radical (unpaired) electrons. The largest absolute Gasteiger partial charge is 0.266 e. The molecule has 72 valence electrons. The minimum absolute atomic E-state index is 0.0498. The number of fused-ring (bicyclic) bond motifs is 3. The summed E-state index contributed by atoms with van der Waals surface area (Å²) in [6.07, 6.45) is 0. The first-order chi connectivity index (χ1) is 7.31. The normalized spacial score (nSPS) is 10.9. The number of nitrogens with zero attached hydrogens (tertiary/aromatic N) is 3. The van der Waals surface area contributed by atoms with Crippen LogP contribution in [-0.4, -0.2) is 14.6 Å². The maximum atomic E-state index is 13.2. The maximum Gasteiger partial charge on any atom is 0.227 e. The second kappa shape index (κ2) is 2.58. The molecule has 0 atom stereocenters. The highest BCUT2D eigenvalue weighted by Gasteiger charge is 2.15. The number of benzene rings is 1. The van der Waals surface area contributed by atoms with E-state index in [4.69, 9.17) is 5.26 Å². The topological polar surface area (TPSA) is 56.9 Å². The molecule has 4 nitrogen and oxygen atoms in total. The number of nitrogens with one attached hydrogen (secondary N) is 1. The predicted molar refractivity (Wildman–Crippen MR) is 51.7 cm³/mol. The quantitative estimate of drug-likeness (QED) is 0.601. The highest BCUT2D eigenvalue weighted by molar-refractivity contribution is 5.81. The van der Waals surface area contributed by atoms with E-state index >= 15 is 0 Å². The van der Waals surface area contributed by atoms with Crippen LogP contribution in [0.15, 0.2) is 24.3 Å². The number of para-hydroxylation sites is 2. The van der Waals surface area contributed by atoms with Crippen LogP contribution in [0.1, 0.15) is 5.56 Å². The van der Waals surface area contributed by atoms with Crippen molar-refractivity contribution in [1.82, 2.24) is 14.6 Å². The smallest absolute Gasteiger partial charge is 0.227 e. The summed E-state index contributed by atoms with van der Waals surface area (Å²) in [5.41, 5.74) is 1.77. The van der Waals surface area contributed by atoms with Crippen LogP contribution in [0.25, 0.3) is 16.7 Å². The van der Waals surface area contributed by atoms with Gasteiger partial charge in [0.05, 0.1) is 11.0 Å². The van der Waals surface area contributed by atoms with Crippen LogP contribution in [0.4, 0.5) is 4.39 Å². The second-order valence-electron chi connectivity index (χ2n) is 3.17. The van der Waals surface area contributed by atoms with Crippen molar-refractivity contribution in [2.75, 3.05) is 0 Å². The first-order valence-electron chi connectivity index (χ1n) is 4.36. The first kappa shape index (κ1) is 8.00. The fourth-order valence-corrected chi connectivity index (χ4v) is 1.66. The zero-order valence-corrected chi connectivity index (χ0v) is 7.53. The molecule has 0 unspecified atom stereocenters. The first-order valence-corrected chi connectivity index (χ1v) is 4.36. The number of H-pyrrole nitrogens is 1. The Balaban J connectivity index is 2.59. The molecule has 0 bridgehead atoms. The van der Waals surface area contributed by atoms with Crippen LogP contribution >= 0.6 is 0 Å².